The average molecular weight is 489 g/mol. The largest absolute Gasteiger partial charge is 0.480 e. The molecule has 0 spiro atoms. The van der Waals surface area contributed by atoms with Gasteiger partial charge in [-0.3, -0.25) is 24.0 Å². The Morgan fingerprint density at radius 2 is 1.84 bits per heavy atom. The van der Waals surface area contributed by atoms with Crippen molar-refractivity contribution >= 4 is 53.0 Å². The highest BCUT2D eigenvalue weighted by atomic mass is 35.5. The van der Waals surface area contributed by atoms with Gasteiger partial charge in [0, 0.05) is 35.1 Å². The van der Waals surface area contributed by atoms with Gasteiger partial charge in [-0.05, 0) is 24.6 Å². The SMILES string of the molecule is NC(CCC(=O)NC(CSCCNC(=O)c1cccc(Cl)c1)C(=O)NCC(=O)O)C(=O)O. The highest BCUT2D eigenvalue weighted by Crippen LogP contribution is 2.10. The molecule has 176 valence electrons. The van der Waals surface area contributed by atoms with E-state index >= 15 is 0 Å². The molecule has 0 heterocycles. The van der Waals surface area contributed by atoms with Crippen molar-refractivity contribution in [1.82, 2.24) is 16.0 Å². The maximum atomic E-state index is 12.2. The molecule has 0 aliphatic rings. The second-order valence-corrected chi connectivity index (χ2v) is 8.14. The van der Waals surface area contributed by atoms with Crippen LogP contribution < -0.4 is 21.7 Å². The first kappa shape index (κ1) is 27.2. The van der Waals surface area contributed by atoms with E-state index in [0.717, 1.165) is 0 Å². The molecule has 3 amide bonds. The zero-order valence-electron chi connectivity index (χ0n) is 17.0. The predicted octanol–water partition coefficient (Wildman–Crippen LogP) is -0.319. The summed E-state index contributed by atoms with van der Waals surface area (Å²) in [6.07, 6.45) is -0.330. The van der Waals surface area contributed by atoms with Crippen LogP contribution in [-0.4, -0.2) is 76.6 Å². The molecule has 0 aromatic heterocycles. The van der Waals surface area contributed by atoms with Crippen molar-refractivity contribution in [3.8, 4) is 0 Å². The molecule has 1 aromatic carbocycles. The van der Waals surface area contributed by atoms with Crippen LogP contribution in [0.4, 0.5) is 0 Å². The molecule has 7 N–H and O–H groups in total. The standard InChI is InChI=1S/C19H25ClN4O7S/c20-12-3-1-2-11(8-12)17(28)22-6-7-32-10-14(18(29)23-9-16(26)27)24-15(25)5-4-13(21)19(30)31/h1-3,8,13-14H,4-7,9-10,21H2,(H,22,28)(H,23,29)(H,24,25)(H,26,27)(H,30,31). The minimum absolute atomic E-state index is 0.106. The van der Waals surface area contributed by atoms with Crippen LogP contribution in [0.1, 0.15) is 23.2 Å². The quantitative estimate of drug-likeness (QED) is 0.191. The Bertz CT molecular complexity index is 840. The minimum Gasteiger partial charge on any atom is -0.480 e. The summed E-state index contributed by atoms with van der Waals surface area (Å²) in [5, 5.41) is 25.2. The second-order valence-electron chi connectivity index (χ2n) is 6.56. The Morgan fingerprint density at radius 3 is 2.47 bits per heavy atom. The normalized spacial score (nSPS) is 12.3. The summed E-state index contributed by atoms with van der Waals surface area (Å²) in [5.74, 6) is -3.57. The smallest absolute Gasteiger partial charge is 0.322 e. The topological polar surface area (TPSA) is 188 Å². The number of carboxylic acid groups (broad SMARTS) is 2. The van der Waals surface area contributed by atoms with Gasteiger partial charge in [0.25, 0.3) is 5.91 Å². The summed E-state index contributed by atoms with van der Waals surface area (Å²) in [4.78, 5) is 57.7. The van der Waals surface area contributed by atoms with Crippen molar-refractivity contribution in [1.29, 1.82) is 0 Å². The van der Waals surface area contributed by atoms with Crippen LogP contribution in [0, 0.1) is 0 Å². The van der Waals surface area contributed by atoms with Crippen molar-refractivity contribution in [2.75, 3.05) is 24.6 Å². The molecule has 2 unspecified atom stereocenters. The fraction of sp³-hybridized carbons (Fsp3) is 0.421. The fourth-order valence-electron chi connectivity index (χ4n) is 2.32. The molecule has 0 radical (unpaired) electrons. The van der Waals surface area contributed by atoms with Gasteiger partial charge in [-0.1, -0.05) is 17.7 Å². The van der Waals surface area contributed by atoms with Crippen molar-refractivity contribution in [2.24, 2.45) is 5.73 Å². The van der Waals surface area contributed by atoms with Crippen LogP contribution in [0.2, 0.25) is 5.02 Å². The predicted molar refractivity (Wildman–Crippen MR) is 119 cm³/mol. The van der Waals surface area contributed by atoms with Crippen LogP contribution >= 0.6 is 23.4 Å². The summed E-state index contributed by atoms with van der Waals surface area (Å²) >= 11 is 7.10. The molecule has 32 heavy (non-hydrogen) atoms. The number of hydrogen-bond donors (Lipinski definition) is 6. The van der Waals surface area contributed by atoms with Gasteiger partial charge >= 0.3 is 11.9 Å². The molecule has 1 aromatic rings. The molecule has 2 atom stereocenters. The highest BCUT2D eigenvalue weighted by molar-refractivity contribution is 7.99. The van der Waals surface area contributed by atoms with Gasteiger partial charge in [0.1, 0.15) is 18.6 Å². The molecule has 0 fully saturated rings. The number of benzene rings is 1. The lowest BCUT2D eigenvalue weighted by atomic mass is 10.1. The molecular weight excluding hydrogens is 464 g/mol. The van der Waals surface area contributed by atoms with E-state index in [0.29, 0.717) is 16.3 Å². The van der Waals surface area contributed by atoms with E-state index in [2.05, 4.69) is 16.0 Å². The number of carboxylic acids is 2. The monoisotopic (exact) mass is 488 g/mol. The van der Waals surface area contributed by atoms with Crippen LogP contribution in [0.25, 0.3) is 0 Å². The van der Waals surface area contributed by atoms with Gasteiger partial charge in [-0.2, -0.15) is 11.8 Å². The lowest BCUT2D eigenvalue weighted by molar-refractivity contribution is -0.139. The lowest BCUT2D eigenvalue weighted by Gasteiger charge is -2.18. The molecule has 13 heteroatoms. The van der Waals surface area contributed by atoms with E-state index in [-0.39, 0.29) is 31.0 Å². The molecule has 0 bridgehead atoms. The highest BCUT2D eigenvalue weighted by Gasteiger charge is 2.22. The van der Waals surface area contributed by atoms with E-state index in [1.54, 1.807) is 18.2 Å². The number of rotatable bonds is 14. The maximum Gasteiger partial charge on any atom is 0.322 e. The molecule has 11 nitrogen and oxygen atoms in total. The van der Waals surface area contributed by atoms with Gasteiger partial charge in [0.05, 0.1) is 0 Å². The molecule has 0 saturated carbocycles. The van der Waals surface area contributed by atoms with Crippen LogP contribution in [0.5, 0.6) is 0 Å². The van der Waals surface area contributed by atoms with E-state index in [1.165, 1.54) is 17.8 Å². The Hall–Kier alpha value is -2.83. The van der Waals surface area contributed by atoms with E-state index < -0.39 is 42.4 Å². The fourth-order valence-corrected chi connectivity index (χ4v) is 3.39. The van der Waals surface area contributed by atoms with Gasteiger partial charge in [0.2, 0.25) is 11.8 Å². The summed E-state index contributed by atoms with van der Waals surface area (Å²) in [7, 11) is 0. The zero-order chi connectivity index (χ0) is 24.1. The zero-order valence-corrected chi connectivity index (χ0v) is 18.6. The number of amides is 3. The molecule has 0 saturated heterocycles. The van der Waals surface area contributed by atoms with Gasteiger partial charge in [-0.15, -0.1) is 0 Å². The Kier molecular flexibility index (Phi) is 12.1. The number of nitrogens with two attached hydrogens (primary N) is 1. The Labute approximate surface area is 193 Å². The average Bonchev–Trinajstić information content (AvgIpc) is 2.74. The molecular formula is C19H25ClN4O7S. The van der Waals surface area contributed by atoms with Crippen LogP contribution in [0.3, 0.4) is 0 Å². The number of hydrogen-bond acceptors (Lipinski definition) is 7. The summed E-state index contributed by atoms with van der Waals surface area (Å²) in [6.45, 7) is -0.337. The maximum absolute atomic E-state index is 12.2. The number of carbonyl (C=O) groups is 5. The van der Waals surface area contributed by atoms with Crippen LogP contribution in [0.15, 0.2) is 24.3 Å². The van der Waals surface area contributed by atoms with Crippen molar-refractivity contribution in [3.05, 3.63) is 34.9 Å². The van der Waals surface area contributed by atoms with E-state index in [4.69, 9.17) is 27.5 Å². The number of nitrogens with one attached hydrogen (secondary N) is 3. The Balaban J connectivity index is 2.51. The lowest BCUT2D eigenvalue weighted by Crippen LogP contribution is -2.49. The Morgan fingerprint density at radius 1 is 1.12 bits per heavy atom. The van der Waals surface area contributed by atoms with Gasteiger partial charge in [0.15, 0.2) is 0 Å². The van der Waals surface area contributed by atoms with E-state index in [9.17, 15) is 24.0 Å². The van der Waals surface area contributed by atoms with E-state index in [1.807, 2.05) is 0 Å². The molecule has 0 aliphatic carbocycles. The van der Waals surface area contributed by atoms with Crippen molar-refractivity contribution in [2.45, 2.75) is 24.9 Å². The van der Waals surface area contributed by atoms with Crippen molar-refractivity contribution in [3.63, 3.8) is 0 Å². The third-order valence-corrected chi connectivity index (χ3v) is 5.27. The third kappa shape index (κ3) is 11.0. The first-order valence-corrected chi connectivity index (χ1v) is 11.0. The number of thioether (sulfide) groups is 1. The van der Waals surface area contributed by atoms with Gasteiger partial charge in [-0.25, -0.2) is 0 Å². The van der Waals surface area contributed by atoms with Crippen molar-refractivity contribution < 1.29 is 34.2 Å². The number of aliphatic carboxylic acids is 2. The first-order valence-electron chi connectivity index (χ1n) is 9.49. The summed E-state index contributed by atoms with van der Waals surface area (Å²) in [6, 6.07) is 4.18. The third-order valence-electron chi connectivity index (χ3n) is 3.97. The minimum atomic E-state index is -1.25. The summed E-state index contributed by atoms with van der Waals surface area (Å²) < 4.78 is 0. The van der Waals surface area contributed by atoms with Crippen LogP contribution in [-0.2, 0) is 19.2 Å². The first-order chi connectivity index (χ1) is 15.1. The second kappa shape index (κ2) is 14.3. The van der Waals surface area contributed by atoms with Gasteiger partial charge < -0.3 is 31.9 Å². The molecule has 0 aliphatic heterocycles. The molecule has 1 rings (SSSR count). The number of halogens is 1. The summed E-state index contributed by atoms with van der Waals surface area (Å²) in [5.41, 5.74) is 5.76. The number of carbonyl (C=O) groups excluding carboxylic acids is 3.